The summed E-state index contributed by atoms with van der Waals surface area (Å²) in [5, 5.41) is 3.59. The fraction of sp³-hybridized carbons (Fsp3) is 0.0952. The number of hydrogen-bond acceptors (Lipinski definition) is 4. The molecule has 0 amide bonds. The molecule has 10 heteroatoms. The molecule has 0 saturated carbocycles. The molecule has 0 radical (unpaired) electrons. The molecule has 160 valence electrons. The van der Waals surface area contributed by atoms with Crippen LogP contribution in [0.15, 0.2) is 76.2 Å². The van der Waals surface area contributed by atoms with Gasteiger partial charge in [-0.1, -0.05) is 24.3 Å². The Balaban J connectivity index is 1.84. The van der Waals surface area contributed by atoms with Gasteiger partial charge >= 0.3 is 6.18 Å². The number of benzene rings is 2. The predicted octanol–water partition coefficient (Wildman–Crippen LogP) is 5.36. The molecule has 4 aromatic rings. The first-order valence-electron chi connectivity index (χ1n) is 8.85. The first-order chi connectivity index (χ1) is 14.5. The number of hydrogen-bond donors (Lipinski definition) is 0. The molecule has 0 unspecified atom stereocenters. The number of nitrogens with zero attached hydrogens (tertiary/aromatic N) is 2. The Hall–Kier alpha value is -3.40. The van der Waals surface area contributed by atoms with E-state index < -0.39 is 32.4 Å². The summed E-state index contributed by atoms with van der Waals surface area (Å²) >= 11 is 0. The summed E-state index contributed by atoms with van der Waals surface area (Å²) in [4.78, 5) is -0.552. The molecule has 0 aliphatic heterocycles. The van der Waals surface area contributed by atoms with Crippen LogP contribution in [-0.2, 0) is 16.0 Å². The van der Waals surface area contributed by atoms with Gasteiger partial charge in [0.05, 0.1) is 17.6 Å². The van der Waals surface area contributed by atoms with Crippen LogP contribution < -0.4 is 0 Å². The van der Waals surface area contributed by atoms with Crippen LogP contribution in [0.3, 0.4) is 0 Å². The lowest BCUT2D eigenvalue weighted by Crippen LogP contribution is -2.08. The van der Waals surface area contributed by atoms with Gasteiger partial charge in [0, 0.05) is 23.4 Å². The minimum Gasteiger partial charge on any atom is -0.464 e. The molecule has 2 aromatic heterocycles. The Bertz CT molecular complexity index is 1340. The van der Waals surface area contributed by atoms with Gasteiger partial charge in [0.15, 0.2) is 15.5 Å². The molecular formula is C21H14F4N2O3S. The maximum atomic E-state index is 14.4. The highest BCUT2D eigenvalue weighted by atomic mass is 32.2. The van der Waals surface area contributed by atoms with E-state index in [0.717, 1.165) is 34.7 Å². The van der Waals surface area contributed by atoms with E-state index in [-0.39, 0.29) is 11.4 Å². The van der Waals surface area contributed by atoms with Crippen molar-refractivity contribution in [1.82, 2.24) is 9.78 Å². The number of rotatable bonds is 4. The zero-order valence-corrected chi connectivity index (χ0v) is 16.7. The Labute approximate surface area is 174 Å². The van der Waals surface area contributed by atoms with Crippen LogP contribution in [0.4, 0.5) is 17.6 Å². The van der Waals surface area contributed by atoms with Crippen molar-refractivity contribution in [2.75, 3.05) is 6.26 Å². The maximum absolute atomic E-state index is 14.4. The van der Waals surface area contributed by atoms with Gasteiger partial charge in [-0.3, -0.25) is 0 Å². The largest absolute Gasteiger partial charge is 0.464 e. The molecule has 4 rings (SSSR count). The van der Waals surface area contributed by atoms with E-state index in [1.165, 1.54) is 12.3 Å². The van der Waals surface area contributed by atoms with Crippen molar-refractivity contribution in [3.63, 3.8) is 0 Å². The molecule has 2 aromatic carbocycles. The summed E-state index contributed by atoms with van der Waals surface area (Å²) in [6, 6.07) is 13.9. The number of alkyl halides is 3. The molecule has 2 heterocycles. The fourth-order valence-corrected chi connectivity index (χ4v) is 3.82. The van der Waals surface area contributed by atoms with Crippen molar-refractivity contribution >= 4 is 9.84 Å². The summed E-state index contributed by atoms with van der Waals surface area (Å²) in [5.74, 6) is -0.488. The normalized spacial score (nSPS) is 12.3. The second-order valence-electron chi connectivity index (χ2n) is 6.77. The van der Waals surface area contributed by atoms with E-state index in [0.29, 0.717) is 11.3 Å². The number of furan rings is 1. The SMILES string of the molecule is CS(=O)(=O)c1ccc(-n2nc(C(F)(F)F)cc2-c2ccc(-c3ccco3)cc2)cc1F. The van der Waals surface area contributed by atoms with E-state index in [1.54, 1.807) is 36.4 Å². The number of halogens is 4. The molecule has 0 N–H and O–H groups in total. The zero-order valence-electron chi connectivity index (χ0n) is 15.9. The van der Waals surface area contributed by atoms with Gasteiger partial charge in [-0.15, -0.1) is 0 Å². The van der Waals surface area contributed by atoms with Gasteiger partial charge < -0.3 is 4.42 Å². The van der Waals surface area contributed by atoms with Crippen molar-refractivity contribution in [2.24, 2.45) is 0 Å². The molecule has 0 aliphatic carbocycles. The van der Waals surface area contributed by atoms with Crippen LogP contribution in [0.2, 0.25) is 0 Å². The van der Waals surface area contributed by atoms with Crippen LogP contribution in [-0.4, -0.2) is 24.5 Å². The Kier molecular flexibility index (Phi) is 4.97. The highest BCUT2D eigenvalue weighted by Gasteiger charge is 2.35. The van der Waals surface area contributed by atoms with Gasteiger partial charge in [0.2, 0.25) is 0 Å². The topological polar surface area (TPSA) is 65.1 Å². The third-order valence-electron chi connectivity index (χ3n) is 4.55. The minimum absolute atomic E-state index is 0.0505. The first kappa shape index (κ1) is 20.9. The van der Waals surface area contributed by atoms with Crippen LogP contribution in [0.25, 0.3) is 28.3 Å². The van der Waals surface area contributed by atoms with Crippen LogP contribution in [0, 0.1) is 5.82 Å². The van der Waals surface area contributed by atoms with Crippen molar-refractivity contribution < 1.29 is 30.4 Å². The third-order valence-corrected chi connectivity index (χ3v) is 5.68. The van der Waals surface area contributed by atoms with Gasteiger partial charge in [-0.2, -0.15) is 18.3 Å². The van der Waals surface area contributed by atoms with Gasteiger partial charge in [-0.05, 0) is 30.3 Å². The zero-order chi connectivity index (χ0) is 22.4. The maximum Gasteiger partial charge on any atom is 0.435 e. The molecular weight excluding hydrogens is 436 g/mol. The van der Waals surface area contributed by atoms with E-state index >= 15 is 0 Å². The summed E-state index contributed by atoms with van der Waals surface area (Å²) < 4.78 is 83.8. The van der Waals surface area contributed by atoms with Crippen molar-refractivity contribution in [2.45, 2.75) is 11.1 Å². The summed E-state index contributed by atoms with van der Waals surface area (Å²) in [6.07, 6.45) is -2.38. The second-order valence-corrected chi connectivity index (χ2v) is 8.75. The average molecular weight is 450 g/mol. The second kappa shape index (κ2) is 7.38. The number of aromatic nitrogens is 2. The van der Waals surface area contributed by atoms with Crippen molar-refractivity contribution in [1.29, 1.82) is 0 Å². The van der Waals surface area contributed by atoms with Gasteiger partial charge in [0.1, 0.15) is 16.5 Å². The molecule has 0 spiro atoms. The lowest BCUT2D eigenvalue weighted by Gasteiger charge is -2.10. The lowest BCUT2D eigenvalue weighted by molar-refractivity contribution is -0.141. The highest BCUT2D eigenvalue weighted by Crippen LogP contribution is 2.34. The molecule has 5 nitrogen and oxygen atoms in total. The summed E-state index contributed by atoms with van der Waals surface area (Å²) in [6.45, 7) is 0. The van der Waals surface area contributed by atoms with Crippen LogP contribution in [0.1, 0.15) is 5.69 Å². The minimum atomic E-state index is -4.72. The summed E-state index contributed by atoms with van der Waals surface area (Å²) in [7, 11) is -3.83. The molecule has 0 atom stereocenters. The molecule has 31 heavy (non-hydrogen) atoms. The molecule has 0 aliphatic rings. The predicted molar refractivity (Wildman–Crippen MR) is 105 cm³/mol. The Morgan fingerprint density at radius 1 is 0.968 bits per heavy atom. The van der Waals surface area contributed by atoms with Crippen LogP contribution >= 0.6 is 0 Å². The van der Waals surface area contributed by atoms with E-state index in [1.807, 2.05) is 0 Å². The first-order valence-corrected chi connectivity index (χ1v) is 10.7. The Morgan fingerprint density at radius 3 is 2.19 bits per heavy atom. The molecule has 0 saturated heterocycles. The van der Waals surface area contributed by atoms with Gasteiger partial charge in [-0.25, -0.2) is 17.5 Å². The number of sulfone groups is 1. The lowest BCUT2D eigenvalue weighted by atomic mass is 10.1. The third kappa shape index (κ3) is 4.11. The van der Waals surface area contributed by atoms with Gasteiger partial charge in [0.25, 0.3) is 0 Å². The smallest absolute Gasteiger partial charge is 0.435 e. The average Bonchev–Trinajstić information content (AvgIpc) is 3.37. The van der Waals surface area contributed by atoms with Crippen molar-refractivity contribution in [3.05, 3.63) is 78.4 Å². The van der Waals surface area contributed by atoms with E-state index in [9.17, 15) is 26.0 Å². The quantitative estimate of drug-likeness (QED) is 0.393. The highest BCUT2D eigenvalue weighted by molar-refractivity contribution is 7.90. The van der Waals surface area contributed by atoms with E-state index in [4.69, 9.17) is 4.42 Å². The molecule has 0 fully saturated rings. The van der Waals surface area contributed by atoms with Crippen LogP contribution in [0.5, 0.6) is 0 Å². The summed E-state index contributed by atoms with van der Waals surface area (Å²) in [5.41, 5.74) is -0.0362. The molecule has 0 bridgehead atoms. The van der Waals surface area contributed by atoms with E-state index in [2.05, 4.69) is 5.10 Å². The fourth-order valence-electron chi connectivity index (χ4n) is 3.09. The van der Waals surface area contributed by atoms with Crippen molar-refractivity contribution in [3.8, 4) is 28.3 Å². The Morgan fingerprint density at radius 2 is 1.65 bits per heavy atom. The monoisotopic (exact) mass is 450 g/mol. The standard InChI is InChI=1S/C21H14F4N2O3S/c1-31(28,29)19-9-8-15(11-16(19)22)27-17(12-20(26-27)21(23,24)25)13-4-6-14(7-5-13)18-3-2-10-30-18/h2-12H,1H3.